The summed E-state index contributed by atoms with van der Waals surface area (Å²) in [7, 11) is 0. The minimum Gasteiger partial charge on any atom is -0.312 e. The van der Waals surface area contributed by atoms with Crippen molar-refractivity contribution in [2.24, 2.45) is 0 Å². The molecule has 0 aliphatic rings. The third-order valence-electron chi connectivity index (χ3n) is 3.02. The van der Waals surface area contributed by atoms with Crippen LogP contribution in [0.1, 0.15) is 25.8 Å². The topological polar surface area (TPSA) is 59.8 Å². The lowest BCUT2D eigenvalue weighted by Crippen LogP contribution is -2.29. The quantitative estimate of drug-likeness (QED) is 0.815. The zero-order chi connectivity index (χ0) is 14.4. The molecule has 0 aliphatic heterocycles. The summed E-state index contributed by atoms with van der Waals surface area (Å²) >= 11 is 0. The molecule has 5 nitrogen and oxygen atoms in total. The molecular formula is C15H20N4O. The predicted octanol–water partition coefficient (Wildman–Crippen LogP) is 1.82. The SMILES string of the molecule is CCCNCc1cc(-c2ccccn2)nn(CC)c1=O. The average molecular weight is 272 g/mol. The van der Waals surface area contributed by atoms with Crippen molar-refractivity contribution < 1.29 is 0 Å². The van der Waals surface area contributed by atoms with Gasteiger partial charge in [-0.25, -0.2) is 4.68 Å². The molecule has 0 aliphatic carbocycles. The average Bonchev–Trinajstić information content (AvgIpc) is 2.50. The van der Waals surface area contributed by atoms with E-state index in [0.29, 0.717) is 13.1 Å². The van der Waals surface area contributed by atoms with Crippen LogP contribution in [0.5, 0.6) is 0 Å². The summed E-state index contributed by atoms with van der Waals surface area (Å²) in [5.74, 6) is 0. The Kier molecular flexibility index (Phi) is 5.01. The van der Waals surface area contributed by atoms with Crippen LogP contribution in [-0.2, 0) is 13.1 Å². The molecule has 106 valence electrons. The van der Waals surface area contributed by atoms with Gasteiger partial charge in [-0.15, -0.1) is 0 Å². The lowest BCUT2D eigenvalue weighted by Gasteiger charge is -2.09. The summed E-state index contributed by atoms with van der Waals surface area (Å²) < 4.78 is 1.49. The Hall–Kier alpha value is -2.01. The van der Waals surface area contributed by atoms with E-state index >= 15 is 0 Å². The Morgan fingerprint density at radius 3 is 2.75 bits per heavy atom. The zero-order valence-corrected chi connectivity index (χ0v) is 12.0. The van der Waals surface area contributed by atoms with Gasteiger partial charge in [-0.3, -0.25) is 9.78 Å². The van der Waals surface area contributed by atoms with Crippen LogP contribution >= 0.6 is 0 Å². The van der Waals surface area contributed by atoms with E-state index in [1.54, 1.807) is 6.20 Å². The molecule has 0 saturated heterocycles. The van der Waals surface area contributed by atoms with Crippen LogP contribution in [0.15, 0.2) is 35.3 Å². The normalized spacial score (nSPS) is 10.7. The van der Waals surface area contributed by atoms with Gasteiger partial charge >= 0.3 is 0 Å². The van der Waals surface area contributed by atoms with E-state index in [1.165, 1.54) is 4.68 Å². The Bertz CT molecular complexity index is 607. The fourth-order valence-electron chi connectivity index (χ4n) is 1.98. The van der Waals surface area contributed by atoms with Crippen LogP contribution in [0.25, 0.3) is 11.4 Å². The van der Waals surface area contributed by atoms with E-state index in [1.807, 2.05) is 31.2 Å². The lowest BCUT2D eigenvalue weighted by molar-refractivity contribution is 0.595. The van der Waals surface area contributed by atoms with Crippen molar-refractivity contribution in [3.05, 3.63) is 46.4 Å². The summed E-state index contributed by atoms with van der Waals surface area (Å²) in [6, 6.07) is 7.51. The van der Waals surface area contributed by atoms with Crippen LogP contribution in [0.3, 0.4) is 0 Å². The van der Waals surface area contributed by atoms with Gasteiger partial charge in [0, 0.05) is 24.8 Å². The minimum atomic E-state index is -0.0317. The van der Waals surface area contributed by atoms with Gasteiger partial charge in [-0.2, -0.15) is 5.10 Å². The molecule has 0 fully saturated rings. The van der Waals surface area contributed by atoms with Gasteiger partial charge in [0.25, 0.3) is 5.56 Å². The summed E-state index contributed by atoms with van der Waals surface area (Å²) in [5.41, 5.74) is 2.22. The zero-order valence-electron chi connectivity index (χ0n) is 12.0. The molecule has 2 heterocycles. The third-order valence-corrected chi connectivity index (χ3v) is 3.02. The van der Waals surface area contributed by atoms with Gasteiger partial charge in [0.1, 0.15) is 5.69 Å². The van der Waals surface area contributed by atoms with Crippen molar-refractivity contribution in [2.45, 2.75) is 33.4 Å². The van der Waals surface area contributed by atoms with E-state index in [9.17, 15) is 4.79 Å². The molecule has 2 rings (SSSR count). The summed E-state index contributed by atoms with van der Waals surface area (Å²) in [6.45, 7) is 6.03. The largest absolute Gasteiger partial charge is 0.312 e. The van der Waals surface area contributed by atoms with E-state index in [0.717, 1.165) is 29.9 Å². The first-order valence-electron chi connectivity index (χ1n) is 6.99. The molecule has 0 saturated carbocycles. The predicted molar refractivity (Wildman–Crippen MR) is 79.4 cm³/mol. The second kappa shape index (κ2) is 6.96. The Balaban J connectivity index is 2.39. The van der Waals surface area contributed by atoms with E-state index in [-0.39, 0.29) is 5.56 Å². The minimum absolute atomic E-state index is 0.0317. The molecule has 0 spiro atoms. The number of aryl methyl sites for hydroxylation is 1. The van der Waals surface area contributed by atoms with Crippen LogP contribution in [0.4, 0.5) is 0 Å². The monoisotopic (exact) mass is 272 g/mol. The molecule has 5 heteroatoms. The lowest BCUT2D eigenvalue weighted by atomic mass is 10.2. The first-order valence-corrected chi connectivity index (χ1v) is 6.99. The van der Waals surface area contributed by atoms with Crippen molar-refractivity contribution in [3.63, 3.8) is 0 Å². The molecule has 2 aromatic rings. The number of hydrogen-bond donors (Lipinski definition) is 1. The van der Waals surface area contributed by atoms with Crippen molar-refractivity contribution >= 4 is 0 Å². The fourth-order valence-corrected chi connectivity index (χ4v) is 1.98. The van der Waals surface area contributed by atoms with Crippen LogP contribution in [-0.4, -0.2) is 21.3 Å². The second-order valence-corrected chi connectivity index (χ2v) is 4.57. The molecule has 0 radical (unpaired) electrons. The number of nitrogens with one attached hydrogen (secondary N) is 1. The first kappa shape index (κ1) is 14.4. The highest BCUT2D eigenvalue weighted by molar-refractivity contribution is 5.53. The standard InChI is InChI=1S/C15H20N4O/c1-3-8-16-11-12-10-14(13-7-5-6-9-17-13)18-19(4-2)15(12)20/h5-7,9-10,16H,3-4,8,11H2,1-2H3. The smallest absolute Gasteiger partial charge is 0.271 e. The van der Waals surface area contributed by atoms with Gasteiger partial charge < -0.3 is 5.32 Å². The fraction of sp³-hybridized carbons (Fsp3) is 0.400. The maximum atomic E-state index is 12.2. The van der Waals surface area contributed by atoms with Gasteiger partial charge in [-0.05, 0) is 38.1 Å². The van der Waals surface area contributed by atoms with Gasteiger partial charge in [0.15, 0.2) is 0 Å². The highest BCUT2D eigenvalue weighted by atomic mass is 16.1. The first-order chi connectivity index (χ1) is 9.76. The van der Waals surface area contributed by atoms with Crippen molar-refractivity contribution in [1.29, 1.82) is 0 Å². The molecule has 20 heavy (non-hydrogen) atoms. The van der Waals surface area contributed by atoms with Gasteiger partial charge in [0.2, 0.25) is 0 Å². The number of hydrogen-bond acceptors (Lipinski definition) is 4. The summed E-state index contributed by atoms with van der Waals surface area (Å²) in [4.78, 5) is 16.5. The third kappa shape index (κ3) is 3.30. The van der Waals surface area contributed by atoms with Gasteiger partial charge in [-0.1, -0.05) is 13.0 Å². The van der Waals surface area contributed by atoms with Crippen LogP contribution in [0.2, 0.25) is 0 Å². The molecule has 0 aromatic carbocycles. The highest BCUT2D eigenvalue weighted by Gasteiger charge is 2.09. The van der Waals surface area contributed by atoms with Crippen molar-refractivity contribution in [1.82, 2.24) is 20.1 Å². The Morgan fingerprint density at radius 1 is 1.25 bits per heavy atom. The highest BCUT2D eigenvalue weighted by Crippen LogP contribution is 2.12. The second-order valence-electron chi connectivity index (χ2n) is 4.57. The molecule has 2 aromatic heterocycles. The molecule has 1 N–H and O–H groups in total. The van der Waals surface area contributed by atoms with E-state index in [4.69, 9.17) is 0 Å². The number of rotatable bonds is 6. The maximum absolute atomic E-state index is 12.2. The molecular weight excluding hydrogens is 252 g/mol. The number of nitrogens with zero attached hydrogens (tertiary/aromatic N) is 3. The molecule has 0 bridgehead atoms. The van der Waals surface area contributed by atoms with Crippen LogP contribution in [0, 0.1) is 0 Å². The van der Waals surface area contributed by atoms with Crippen molar-refractivity contribution in [3.8, 4) is 11.4 Å². The van der Waals surface area contributed by atoms with Crippen molar-refractivity contribution in [2.75, 3.05) is 6.54 Å². The molecule has 0 amide bonds. The Morgan fingerprint density at radius 2 is 2.10 bits per heavy atom. The summed E-state index contributed by atoms with van der Waals surface area (Å²) in [6.07, 6.45) is 2.77. The Labute approximate surface area is 118 Å². The van der Waals surface area contributed by atoms with Crippen LogP contribution < -0.4 is 10.9 Å². The molecule has 0 atom stereocenters. The molecule has 0 unspecified atom stereocenters. The summed E-state index contributed by atoms with van der Waals surface area (Å²) in [5, 5.41) is 7.62. The number of pyridine rings is 1. The van der Waals surface area contributed by atoms with E-state index in [2.05, 4.69) is 22.3 Å². The van der Waals surface area contributed by atoms with E-state index < -0.39 is 0 Å². The van der Waals surface area contributed by atoms with Gasteiger partial charge in [0.05, 0.1) is 5.69 Å². The number of aromatic nitrogens is 3. The maximum Gasteiger partial charge on any atom is 0.271 e.